The van der Waals surface area contributed by atoms with E-state index in [-0.39, 0.29) is 11.7 Å². The third kappa shape index (κ3) is 4.31. The van der Waals surface area contributed by atoms with E-state index in [0.29, 0.717) is 17.4 Å². The third-order valence-electron chi connectivity index (χ3n) is 5.09. The van der Waals surface area contributed by atoms with Gasteiger partial charge in [0.25, 0.3) is 0 Å². The number of fused-ring (bicyclic) bond motifs is 1. The second kappa shape index (κ2) is 8.59. The second-order valence-corrected chi connectivity index (χ2v) is 8.16. The van der Waals surface area contributed by atoms with Gasteiger partial charge in [-0.1, -0.05) is 60.3 Å². The number of amides is 1. The summed E-state index contributed by atoms with van der Waals surface area (Å²) in [6, 6.07) is 20.3. The fraction of sp³-hybridized carbons (Fsp3) is 0.174. The first-order chi connectivity index (χ1) is 14.5. The van der Waals surface area contributed by atoms with Crippen LogP contribution in [-0.2, 0) is 11.2 Å². The maximum atomic E-state index is 12.3. The maximum absolute atomic E-state index is 12.3. The Bertz CT molecular complexity index is 1210. The summed E-state index contributed by atoms with van der Waals surface area (Å²) in [4.78, 5) is 12.3. The van der Waals surface area contributed by atoms with Gasteiger partial charge in [0.15, 0.2) is 5.82 Å². The van der Waals surface area contributed by atoms with Crippen molar-refractivity contribution >= 4 is 34.1 Å². The monoisotopic (exact) mass is 417 g/mol. The van der Waals surface area contributed by atoms with Crippen molar-refractivity contribution in [1.29, 1.82) is 0 Å². The number of anilines is 1. The van der Waals surface area contributed by atoms with Crippen LogP contribution < -0.4 is 11.2 Å². The molecule has 4 rings (SSSR count). The van der Waals surface area contributed by atoms with E-state index in [4.69, 9.17) is 5.84 Å². The van der Waals surface area contributed by atoms with Crippen LogP contribution in [0, 0.1) is 13.8 Å². The lowest BCUT2D eigenvalue weighted by molar-refractivity contribution is -0.113. The van der Waals surface area contributed by atoms with Crippen LogP contribution in [0.2, 0.25) is 0 Å². The number of hydrogen-bond donors (Lipinski definition) is 2. The van der Waals surface area contributed by atoms with Crippen molar-refractivity contribution in [2.24, 2.45) is 0 Å². The molecule has 0 radical (unpaired) electrons. The Morgan fingerprint density at radius 1 is 1.03 bits per heavy atom. The van der Waals surface area contributed by atoms with Crippen molar-refractivity contribution < 1.29 is 4.79 Å². The van der Waals surface area contributed by atoms with Gasteiger partial charge in [0.1, 0.15) is 0 Å². The van der Waals surface area contributed by atoms with Crippen molar-refractivity contribution in [3.8, 4) is 0 Å². The van der Waals surface area contributed by atoms with E-state index in [0.717, 1.165) is 16.8 Å². The quantitative estimate of drug-likeness (QED) is 0.365. The van der Waals surface area contributed by atoms with Gasteiger partial charge in [-0.3, -0.25) is 4.79 Å². The molecule has 0 saturated heterocycles. The SMILES string of the molecule is Cc1ccc(NC(=O)CSc2nnc(Cc3cccc4ccccc34)n2N)cc1C. The van der Waals surface area contributed by atoms with Crippen LogP contribution in [0.25, 0.3) is 10.8 Å². The van der Waals surface area contributed by atoms with Gasteiger partial charge in [-0.05, 0) is 53.4 Å². The number of hydrogen-bond acceptors (Lipinski definition) is 5. The number of nitrogens with one attached hydrogen (secondary N) is 1. The van der Waals surface area contributed by atoms with Gasteiger partial charge in [-0.15, -0.1) is 10.2 Å². The van der Waals surface area contributed by atoms with Gasteiger partial charge < -0.3 is 11.2 Å². The number of nitrogen functional groups attached to an aromatic ring is 1. The lowest BCUT2D eigenvalue weighted by Crippen LogP contribution is -2.17. The van der Waals surface area contributed by atoms with Crippen molar-refractivity contribution in [3.05, 3.63) is 83.2 Å². The van der Waals surface area contributed by atoms with E-state index in [9.17, 15) is 4.79 Å². The topological polar surface area (TPSA) is 85.8 Å². The Balaban J connectivity index is 1.42. The van der Waals surface area contributed by atoms with Crippen molar-refractivity contribution in [2.75, 3.05) is 16.9 Å². The molecule has 1 aromatic heterocycles. The highest BCUT2D eigenvalue weighted by Crippen LogP contribution is 2.22. The summed E-state index contributed by atoms with van der Waals surface area (Å²) >= 11 is 1.27. The molecule has 0 saturated carbocycles. The molecule has 152 valence electrons. The number of benzene rings is 3. The number of nitrogens with two attached hydrogens (primary N) is 1. The fourth-order valence-electron chi connectivity index (χ4n) is 3.29. The molecular formula is C23H23N5OS. The summed E-state index contributed by atoms with van der Waals surface area (Å²) in [5, 5.41) is 14.2. The molecule has 4 aromatic rings. The van der Waals surface area contributed by atoms with E-state index in [2.05, 4.69) is 39.8 Å². The Morgan fingerprint density at radius 2 is 1.83 bits per heavy atom. The normalized spacial score (nSPS) is 11.0. The smallest absolute Gasteiger partial charge is 0.234 e. The van der Waals surface area contributed by atoms with Crippen molar-refractivity contribution in [2.45, 2.75) is 25.4 Å². The summed E-state index contributed by atoms with van der Waals surface area (Å²) in [6.07, 6.45) is 0.570. The van der Waals surface area contributed by atoms with Crippen LogP contribution in [-0.4, -0.2) is 26.5 Å². The predicted molar refractivity (Wildman–Crippen MR) is 122 cm³/mol. The minimum absolute atomic E-state index is 0.109. The second-order valence-electron chi connectivity index (χ2n) is 7.22. The summed E-state index contributed by atoms with van der Waals surface area (Å²) in [5.41, 5.74) is 4.25. The fourth-order valence-corrected chi connectivity index (χ4v) is 3.96. The Labute approximate surface area is 179 Å². The van der Waals surface area contributed by atoms with E-state index in [1.165, 1.54) is 32.8 Å². The highest BCUT2D eigenvalue weighted by molar-refractivity contribution is 7.99. The lowest BCUT2D eigenvalue weighted by atomic mass is 10.0. The van der Waals surface area contributed by atoms with Gasteiger partial charge in [0, 0.05) is 12.1 Å². The zero-order chi connectivity index (χ0) is 21.1. The highest BCUT2D eigenvalue weighted by atomic mass is 32.2. The molecule has 1 heterocycles. The van der Waals surface area contributed by atoms with E-state index in [1.807, 2.05) is 50.2 Å². The van der Waals surface area contributed by atoms with Crippen LogP contribution in [0.5, 0.6) is 0 Å². The molecule has 0 aliphatic carbocycles. The van der Waals surface area contributed by atoms with E-state index in [1.54, 1.807) is 0 Å². The van der Waals surface area contributed by atoms with Gasteiger partial charge in [0.2, 0.25) is 11.1 Å². The minimum Gasteiger partial charge on any atom is -0.336 e. The minimum atomic E-state index is -0.109. The van der Waals surface area contributed by atoms with Crippen LogP contribution in [0.15, 0.2) is 65.8 Å². The van der Waals surface area contributed by atoms with E-state index < -0.39 is 0 Å². The highest BCUT2D eigenvalue weighted by Gasteiger charge is 2.14. The van der Waals surface area contributed by atoms with Crippen LogP contribution in [0.4, 0.5) is 5.69 Å². The molecule has 0 atom stereocenters. The van der Waals surface area contributed by atoms with Crippen LogP contribution in [0.1, 0.15) is 22.5 Å². The summed E-state index contributed by atoms with van der Waals surface area (Å²) in [7, 11) is 0. The molecular weight excluding hydrogens is 394 g/mol. The largest absolute Gasteiger partial charge is 0.336 e. The molecule has 0 aliphatic heterocycles. The lowest BCUT2D eigenvalue weighted by Gasteiger charge is -2.08. The number of rotatable bonds is 6. The third-order valence-corrected chi connectivity index (χ3v) is 6.03. The molecule has 0 unspecified atom stereocenters. The number of aromatic nitrogens is 3. The maximum Gasteiger partial charge on any atom is 0.234 e. The van der Waals surface area contributed by atoms with Gasteiger partial charge in [0.05, 0.1) is 5.75 Å². The Hall–Kier alpha value is -3.32. The molecule has 6 nitrogen and oxygen atoms in total. The average Bonchev–Trinajstić information content (AvgIpc) is 3.09. The summed E-state index contributed by atoms with van der Waals surface area (Å²) < 4.78 is 1.47. The van der Waals surface area contributed by atoms with Crippen LogP contribution >= 0.6 is 11.8 Å². The molecule has 0 spiro atoms. The Kier molecular flexibility index (Phi) is 5.72. The van der Waals surface area contributed by atoms with Gasteiger partial charge in [-0.2, -0.15) is 0 Å². The molecule has 30 heavy (non-hydrogen) atoms. The zero-order valence-electron chi connectivity index (χ0n) is 16.9. The zero-order valence-corrected chi connectivity index (χ0v) is 17.7. The molecule has 7 heteroatoms. The number of carbonyl (C=O) groups is 1. The number of thioether (sulfide) groups is 1. The summed E-state index contributed by atoms with van der Waals surface area (Å²) in [5.74, 6) is 6.96. The number of nitrogens with zero attached hydrogens (tertiary/aromatic N) is 3. The van der Waals surface area contributed by atoms with Crippen LogP contribution in [0.3, 0.4) is 0 Å². The first-order valence-electron chi connectivity index (χ1n) is 9.67. The average molecular weight is 418 g/mol. The van der Waals surface area contributed by atoms with Crippen molar-refractivity contribution in [3.63, 3.8) is 0 Å². The standard InChI is InChI=1S/C23H23N5OS/c1-15-10-11-19(12-16(15)2)25-22(29)14-30-23-27-26-21(28(23)24)13-18-8-5-7-17-6-3-4-9-20(17)18/h3-12H,13-14,24H2,1-2H3,(H,25,29). The predicted octanol–water partition coefficient (Wildman–Crippen LogP) is 4.08. The number of carbonyl (C=O) groups excluding carboxylic acids is 1. The molecule has 0 bridgehead atoms. The number of aryl methyl sites for hydroxylation is 2. The first kappa shape index (κ1) is 20.0. The Morgan fingerprint density at radius 3 is 2.67 bits per heavy atom. The van der Waals surface area contributed by atoms with Gasteiger partial charge >= 0.3 is 0 Å². The first-order valence-corrected chi connectivity index (χ1v) is 10.7. The van der Waals surface area contributed by atoms with Gasteiger partial charge in [-0.25, -0.2) is 4.68 Å². The molecule has 3 N–H and O–H groups in total. The molecule has 0 fully saturated rings. The summed E-state index contributed by atoms with van der Waals surface area (Å²) in [6.45, 7) is 4.06. The van der Waals surface area contributed by atoms with E-state index >= 15 is 0 Å². The van der Waals surface area contributed by atoms with Crippen molar-refractivity contribution in [1.82, 2.24) is 14.9 Å². The molecule has 0 aliphatic rings. The molecule has 1 amide bonds. The molecule has 3 aromatic carbocycles.